The molecule has 2 nitrogen and oxygen atoms in total. The van der Waals surface area contributed by atoms with Gasteiger partial charge in [-0.05, 0) is 31.6 Å². The Kier molecular flexibility index (Phi) is 3.98. The third-order valence-corrected chi connectivity index (χ3v) is 2.03. The van der Waals surface area contributed by atoms with Gasteiger partial charge in [-0.2, -0.15) is 0 Å². The fourth-order valence-electron chi connectivity index (χ4n) is 1.28. The Labute approximate surface area is 90.5 Å². The molecule has 0 aromatic heterocycles. The van der Waals surface area contributed by atoms with Gasteiger partial charge in [0.05, 0.1) is 12.9 Å². The predicted molar refractivity (Wildman–Crippen MR) is 63.5 cm³/mol. The van der Waals surface area contributed by atoms with Gasteiger partial charge in [-0.25, -0.2) is 0 Å². The highest BCUT2D eigenvalue weighted by Crippen LogP contribution is 2.19. The lowest BCUT2D eigenvalue weighted by molar-refractivity contribution is 0.272. The Bertz CT molecular complexity index is 378. The van der Waals surface area contributed by atoms with Crippen LogP contribution in [0.2, 0.25) is 0 Å². The first kappa shape index (κ1) is 11.4. The molecule has 0 heterocycles. The second-order valence-electron chi connectivity index (χ2n) is 3.30. The van der Waals surface area contributed by atoms with Crippen LogP contribution in [0.4, 0.5) is 0 Å². The van der Waals surface area contributed by atoms with Crippen molar-refractivity contribution in [2.24, 2.45) is 0 Å². The summed E-state index contributed by atoms with van der Waals surface area (Å²) in [5.41, 5.74) is 2.74. The van der Waals surface area contributed by atoms with E-state index in [0.717, 1.165) is 16.7 Å². The highest BCUT2D eigenvalue weighted by molar-refractivity contribution is 5.69. The summed E-state index contributed by atoms with van der Waals surface area (Å²) >= 11 is 0. The standard InChI is InChI=1S/C13H16O2/c1-4-15-8-7-12-6-5-10(2)9-13(12)11(3)14/h5-9,14H,3-4H2,1-2H3/b8-7+. The minimum Gasteiger partial charge on any atom is -0.508 e. The second-order valence-corrected chi connectivity index (χ2v) is 3.30. The predicted octanol–water partition coefficient (Wildman–Crippen LogP) is 3.53. The van der Waals surface area contributed by atoms with Gasteiger partial charge in [0.15, 0.2) is 0 Å². The molecule has 0 saturated heterocycles. The van der Waals surface area contributed by atoms with E-state index in [1.165, 1.54) is 0 Å². The summed E-state index contributed by atoms with van der Waals surface area (Å²) in [6, 6.07) is 5.81. The van der Waals surface area contributed by atoms with Crippen molar-refractivity contribution >= 4 is 11.8 Å². The Hall–Kier alpha value is -1.70. The van der Waals surface area contributed by atoms with Gasteiger partial charge >= 0.3 is 0 Å². The number of aryl methyl sites for hydroxylation is 1. The largest absolute Gasteiger partial charge is 0.508 e. The summed E-state index contributed by atoms with van der Waals surface area (Å²) in [7, 11) is 0. The summed E-state index contributed by atoms with van der Waals surface area (Å²) in [6.07, 6.45) is 3.44. The van der Waals surface area contributed by atoms with E-state index in [0.29, 0.717) is 6.61 Å². The second kappa shape index (κ2) is 5.25. The Morgan fingerprint density at radius 2 is 2.27 bits per heavy atom. The zero-order chi connectivity index (χ0) is 11.3. The summed E-state index contributed by atoms with van der Waals surface area (Å²) in [5.74, 6) is 0.0786. The molecule has 1 aromatic carbocycles. The third kappa shape index (κ3) is 3.17. The number of ether oxygens (including phenoxy) is 1. The first-order chi connectivity index (χ1) is 7.15. The maximum Gasteiger partial charge on any atom is 0.116 e. The van der Waals surface area contributed by atoms with Crippen molar-refractivity contribution in [1.82, 2.24) is 0 Å². The van der Waals surface area contributed by atoms with E-state index in [9.17, 15) is 5.11 Å². The van der Waals surface area contributed by atoms with Crippen LogP contribution < -0.4 is 0 Å². The average molecular weight is 204 g/mol. The van der Waals surface area contributed by atoms with Crippen LogP contribution in [0.1, 0.15) is 23.6 Å². The molecule has 0 fully saturated rings. The minimum atomic E-state index is 0.0786. The van der Waals surface area contributed by atoms with Crippen molar-refractivity contribution < 1.29 is 9.84 Å². The zero-order valence-electron chi connectivity index (χ0n) is 9.16. The maximum atomic E-state index is 9.42. The molecule has 0 aliphatic rings. The van der Waals surface area contributed by atoms with Crippen molar-refractivity contribution in [2.75, 3.05) is 6.61 Å². The van der Waals surface area contributed by atoms with Gasteiger partial charge in [-0.15, -0.1) is 0 Å². The van der Waals surface area contributed by atoms with E-state index in [1.807, 2.05) is 38.1 Å². The van der Waals surface area contributed by atoms with Gasteiger partial charge in [0.25, 0.3) is 0 Å². The molecule has 0 spiro atoms. The molecule has 80 valence electrons. The van der Waals surface area contributed by atoms with Crippen molar-refractivity contribution in [1.29, 1.82) is 0 Å². The number of aliphatic hydroxyl groups excluding tert-OH is 1. The highest BCUT2D eigenvalue weighted by Gasteiger charge is 2.02. The molecule has 0 amide bonds. The van der Waals surface area contributed by atoms with Crippen molar-refractivity contribution in [3.05, 3.63) is 47.7 Å². The van der Waals surface area contributed by atoms with Crippen LogP contribution in [0.3, 0.4) is 0 Å². The van der Waals surface area contributed by atoms with E-state index in [1.54, 1.807) is 6.26 Å². The van der Waals surface area contributed by atoms with Gasteiger partial charge in [-0.3, -0.25) is 0 Å². The van der Waals surface area contributed by atoms with Gasteiger partial charge in [0.1, 0.15) is 5.76 Å². The van der Waals surface area contributed by atoms with Crippen LogP contribution in [-0.2, 0) is 4.74 Å². The maximum absolute atomic E-state index is 9.42. The lowest BCUT2D eigenvalue weighted by Gasteiger charge is -2.05. The first-order valence-electron chi connectivity index (χ1n) is 4.92. The summed E-state index contributed by atoms with van der Waals surface area (Å²) in [6.45, 7) is 8.07. The summed E-state index contributed by atoms with van der Waals surface area (Å²) in [4.78, 5) is 0. The van der Waals surface area contributed by atoms with Crippen LogP contribution in [0.15, 0.2) is 31.0 Å². The van der Waals surface area contributed by atoms with E-state index in [2.05, 4.69) is 6.58 Å². The number of hydrogen-bond acceptors (Lipinski definition) is 2. The lowest BCUT2D eigenvalue weighted by Crippen LogP contribution is -1.88. The van der Waals surface area contributed by atoms with E-state index in [4.69, 9.17) is 4.74 Å². The average Bonchev–Trinajstić information content (AvgIpc) is 2.20. The molecule has 0 aliphatic carbocycles. The Morgan fingerprint density at radius 1 is 1.53 bits per heavy atom. The SMILES string of the molecule is C=C(O)c1cc(C)ccc1/C=C/OCC. The van der Waals surface area contributed by atoms with Crippen LogP contribution in [0, 0.1) is 6.92 Å². The molecule has 0 bridgehead atoms. The van der Waals surface area contributed by atoms with Gasteiger partial charge < -0.3 is 9.84 Å². The van der Waals surface area contributed by atoms with Crippen LogP contribution in [-0.4, -0.2) is 11.7 Å². The monoisotopic (exact) mass is 204 g/mol. The number of rotatable bonds is 4. The molecule has 1 rings (SSSR count). The van der Waals surface area contributed by atoms with Crippen LogP contribution in [0.5, 0.6) is 0 Å². The molecular formula is C13H16O2. The van der Waals surface area contributed by atoms with Crippen molar-refractivity contribution in [3.63, 3.8) is 0 Å². The summed E-state index contributed by atoms with van der Waals surface area (Å²) in [5, 5.41) is 9.42. The normalized spacial score (nSPS) is 10.5. The Morgan fingerprint density at radius 3 is 2.87 bits per heavy atom. The summed E-state index contributed by atoms with van der Waals surface area (Å²) < 4.78 is 5.11. The highest BCUT2D eigenvalue weighted by atomic mass is 16.5. The smallest absolute Gasteiger partial charge is 0.116 e. The van der Waals surface area contributed by atoms with E-state index >= 15 is 0 Å². The molecule has 0 radical (unpaired) electrons. The molecule has 0 atom stereocenters. The van der Waals surface area contributed by atoms with Crippen LogP contribution in [0.25, 0.3) is 11.8 Å². The molecule has 1 N–H and O–H groups in total. The molecule has 0 unspecified atom stereocenters. The molecule has 2 heteroatoms. The van der Waals surface area contributed by atoms with Gasteiger partial charge in [-0.1, -0.05) is 24.3 Å². The third-order valence-electron chi connectivity index (χ3n) is 2.03. The first-order valence-corrected chi connectivity index (χ1v) is 4.92. The molecule has 15 heavy (non-hydrogen) atoms. The Balaban J connectivity index is 3.01. The van der Waals surface area contributed by atoms with E-state index < -0.39 is 0 Å². The van der Waals surface area contributed by atoms with Gasteiger partial charge in [0, 0.05) is 5.56 Å². The molecule has 0 aliphatic heterocycles. The topological polar surface area (TPSA) is 29.5 Å². The molecule has 1 aromatic rings. The van der Waals surface area contributed by atoms with Crippen molar-refractivity contribution in [3.8, 4) is 0 Å². The van der Waals surface area contributed by atoms with Gasteiger partial charge in [0.2, 0.25) is 0 Å². The zero-order valence-corrected chi connectivity index (χ0v) is 9.16. The van der Waals surface area contributed by atoms with Crippen LogP contribution >= 0.6 is 0 Å². The molecular weight excluding hydrogens is 188 g/mol. The fourth-order valence-corrected chi connectivity index (χ4v) is 1.28. The fraction of sp³-hybridized carbons (Fsp3) is 0.231. The molecule has 0 saturated carbocycles. The van der Waals surface area contributed by atoms with E-state index in [-0.39, 0.29) is 5.76 Å². The lowest BCUT2D eigenvalue weighted by atomic mass is 10.0. The number of hydrogen-bond donors (Lipinski definition) is 1. The van der Waals surface area contributed by atoms with Crippen molar-refractivity contribution in [2.45, 2.75) is 13.8 Å². The number of benzene rings is 1. The minimum absolute atomic E-state index is 0.0786. The quantitative estimate of drug-likeness (QED) is 0.760. The number of aliphatic hydroxyl groups is 1.